The molecule has 0 aliphatic heterocycles. The first-order chi connectivity index (χ1) is 8.72. The normalized spacial score (nSPS) is 10.6. The van der Waals surface area contributed by atoms with Crippen LogP contribution in [0, 0.1) is 5.82 Å². The van der Waals surface area contributed by atoms with Crippen molar-refractivity contribution < 1.29 is 4.39 Å². The lowest BCUT2D eigenvalue weighted by atomic mass is 10.1. The number of anilines is 1. The lowest BCUT2D eigenvalue weighted by molar-refractivity contribution is 0.618. The summed E-state index contributed by atoms with van der Waals surface area (Å²) in [6.45, 7) is 1.40. The molecule has 18 heavy (non-hydrogen) atoms. The number of hydrogen-bond donors (Lipinski definition) is 1. The molecule has 0 unspecified atom stereocenters. The fourth-order valence-corrected chi connectivity index (χ4v) is 2.79. The van der Waals surface area contributed by atoms with E-state index in [1.54, 1.807) is 17.4 Å². The molecule has 0 radical (unpaired) electrons. The first-order valence-corrected chi connectivity index (χ1v) is 6.76. The molecule has 96 valence electrons. The van der Waals surface area contributed by atoms with Crippen LogP contribution in [0.5, 0.6) is 0 Å². The van der Waals surface area contributed by atoms with Crippen molar-refractivity contribution in [2.75, 3.05) is 19.0 Å². The molecule has 1 heterocycles. The molecule has 0 aliphatic carbocycles. The number of hydrogen-bond acceptors (Lipinski definition) is 3. The monoisotopic (exact) mass is 264 g/mol. The van der Waals surface area contributed by atoms with Crippen LogP contribution in [0.2, 0.25) is 0 Å². The molecule has 2 rings (SSSR count). The summed E-state index contributed by atoms with van der Waals surface area (Å²) in [6, 6.07) is 9.31. The Morgan fingerprint density at radius 2 is 2.11 bits per heavy atom. The van der Waals surface area contributed by atoms with Crippen molar-refractivity contribution in [1.29, 1.82) is 0 Å². The van der Waals surface area contributed by atoms with Crippen LogP contribution in [0.1, 0.15) is 10.4 Å². The van der Waals surface area contributed by atoms with Crippen molar-refractivity contribution in [3.63, 3.8) is 0 Å². The molecule has 1 aromatic heterocycles. The van der Waals surface area contributed by atoms with E-state index in [9.17, 15) is 4.39 Å². The minimum atomic E-state index is -0.165. The average molecular weight is 264 g/mol. The zero-order chi connectivity index (χ0) is 13.0. The van der Waals surface area contributed by atoms with E-state index < -0.39 is 0 Å². The second-order valence-corrected chi connectivity index (χ2v) is 5.25. The third kappa shape index (κ3) is 2.89. The molecule has 2 aromatic rings. The summed E-state index contributed by atoms with van der Waals surface area (Å²) in [5.41, 5.74) is 1.66. The van der Waals surface area contributed by atoms with Gasteiger partial charge in [-0.15, -0.1) is 11.3 Å². The molecule has 0 saturated carbocycles. The van der Waals surface area contributed by atoms with Gasteiger partial charge in [0.05, 0.1) is 12.2 Å². The van der Waals surface area contributed by atoms with E-state index in [4.69, 9.17) is 0 Å². The van der Waals surface area contributed by atoms with Crippen molar-refractivity contribution in [3.8, 4) is 0 Å². The van der Waals surface area contributed by atoms with E-state index >= 15 is 0 Å². The van der Waals surface area contributed by atoms with Crippen molar-refractivity contribution in [2.24, 2.45) is 0 Å². The first kappa shape index (κ1) is 13.1. The summed E-state index contributed by atoms with van der Waals surface area (Å²) in [4.78, 5) is 3.20. The van der Waals surface area contributed by atoms with Crippen LogP contribution in [-0.4, -0.2) is 14.1 Å². The molecule has 0 bridgehead atoms. The Bertz CT molecular complexity index is 497. The minimum Gasteiger partial charge on any atom is -0.367 e. The molecular formula is C14H17FN2S. The quantitative estimate of drug-likeness (QED) is 0.892. The van der Waals surface area contributed by atoms with Gasteiger partial charge >= 0.3 is 0 Å². The highest BCUT2D eigenvalue weighted by Crippen LogP contribution is 2.25. The van der Waals surface area contributed by atoms with Gasteiger partial charge in [0.25, 0.3) is 0 Å². The van der Waals surface area contributed by atoms with E-state index in [1.165, 1.54) is 10.9 Å². The van der Waals surface area contributed by atoms with E-state index in [2.05, 4.69) is 11.4 Å². The van der Waals surface area contributed by atoms with Gasteiger partial charge < -0.3 is 10.2 Å². The Morgan fingerprint density at radius 3 is 2.78 bits per heavy atom. The summed E-state index contributed by atoms with van der Waals surface area (Å²) in [5.74, 6) is -0.165. The number of benzene rings is 1. The van der Waals surface area contributed by atoms with E-state index in [1.807, 2.05) is 36.5 Å². The van der Waals surface area contributed by atoms with Gasteiger partial charge in [-0.3, -0.25) is 0 Å². The van der Waals surface area contributed by atoms with Crippen LogP contribution >= 0.6 is 11.3 Å². The molecule has 0 amide bonds. The second kappa shape index (κ2) is 5.98. The number of para-hydroxylation sites is 1. The smallest absolute Gasteiger partial charge is 0.146 e. The molecule has 0 fully saturated rings. The maximum Gasteiger partial charge on any atom is 0.146 e. The Balaban J connectivity index is 2.25. The highest BCUT2D eigenvalue weighted by molar-refractivity contribution is 7.09. The minimum absolute atomic E-state index is 0.165. The molecule has 0 atom stereocenters. The number of halogens is 1. The van der Waals surface area contributed by atoms with Crippen LogP contribution in [-0.2, 0) is 13.1 Å². The number of rotatable bonds is 5. The van der Waals surface area contributed by atoms with Gasteiger partial charge in [0.1, 0.15) is 5.82 Å². The van der Waals surface area contributed by atoms with E-state index in [0.29, 0.717) is 12.2 Å². The zero-order valence-electron chi connectivity index (χ0n) is 10.6. The molecule has 1 aromatic carbocycles. The van der Waals surface area contributed by atoms with E-state index in [-0.39, 0.29) is 5.82 Å². The third-order valence-electron chi connectivity index (χ3n) is 2.79. The first-order valence-electron chi connectivity index (χ1n) is 5.88. The van der Waals surface area contributed by atoms with Gasteiger partial charge in [-0.25, -0.2) is 4.39 Å². The van der Waals surface area contributed by atoms with Gasteiger partial charge in [0.2, 0.25) is 0 Å². The summed E-state index contributed by atoms with van der Waals surface area (Å²) < 4.78 is 14.0. The van der Waals surface area contributed by atoms with Crippen molar-refractivity contribution in [3.05, 3.63) is 52.0 Å². The van der Waals surface area contributed by atoms with Gasteiger partial charge in [-0.05, 0) is 30.1 Å². The standard InChI is InChI=1S/C14H17FN2S/c1-16-9-11-5-3-7-13(15)14(11)17(2)10-12-6-4-8-18-12/h3-8,16H,9-10H2,1-2H3. The summed E-state index contributed by atoms with van der Waals surface area (Å²) in [6.07, 6.45) is 0. The lowest BCUT2D eigenvalue weighted by Crippen LogP contribution is -2.20. The fraction of sp³-hybridized carbons (Fsp3) is 0.286. The summed E-state index contributed by atoms with van der Waals surface area (Å²) in [7, 11) is 3.80. The number of nitrogens with one attached hydrogen (secondary N) is 1. The van der Waals surface area contributed by atoms with Crippen molar-refractivity contribution in [1.82, 2.24) is 5.32 Å². The van der Waals surface area contributed by atoms with Gasteiger partial charge in [-0.2, -0.15) is 0 Å². The molecule has 4 heteroatoms. The number of nitrogens with zero attached hydrogens (tertiary/aromatic N) is 1. The van der Waals surface area contributed by atoms with Crippen LogP contribution < -0.4 is 10.2 Å². The molecule has 0 spiro atoms. The Kier molecular flexibility index (Phi) is 4.33. The molecule has 0 aliphatic rings. The maximum atomic E-state index is 14.0. The van der Waals surface area contributed by atoms with Crippen LogP contribution in [0.3, 0.4) is 0 Å². The molecule has 0 saturated heterocycles. The predicted molar refractivity (Wildman–Crippen MR) is 75.6 cm³/mol. The molecule has 1 N–H and O–H groups in total. The Labute approximate surface area is 111 Å². The van der Waals surface area contributed by atoms with Crippen LogP contribution in [0.4, 0.5) is 10.1 Å². The SMILES string of the molecule is CNCc1cccc(F)c1N(C)Cc1cccs1. The predicted octanol–water partition coefficient (Wildman–Crippen LogP) is 3.24. The highest BCUT2D eigenvalue weighted by Gasteiger charge is 2.13. The largest absolute Gasteiger partial charge is 0.367 e. The second-order valence-electron chi connectivity index (χ2n) is 4.21. The lowest BCUT2D eigenvalue weighted by Gasteiger charge is -2.22. The summed E-state index contributed by atoms with van der Waals surface area (Å²) in [5, 5.41) is 5.12. The Hall–Kier alpha value is -1.39. The van der Waals surface area contributed by atoms with Gasteiger partial charge in [0.15, 0.2) is 0 Å². The van der Waals surface area contributed by atoms with Gasteiger partial charge in [0, 0.05) is 18.5 Å². The van der Waals surface area contributed by atoms with E-state index in [0.717, 1.165) is 12.1 Å². The third-order valence-corrected chi connectivity index (χ3v) is 3.65. The number of thiophene rings is 1. The fourth-order valence-electron chi connectivity index (χ4n) is 2.04. The van der Waals surface area contributed by atoms with Crippen molar-refractivity contribution in [2.45, 2.75) is 13.1 Å². The van der Waals surface area contributed by atoms with Crippen LogP contribution in [0.15, 0.2) is 35.7 Å². The topological polar surface area (TPSA) is 15.3 Å². The summed E-state index contributed by atoms with van der Waals surface area (Å²) >= 11 is 1.69. The maximum absolute atomic E-state index is 14.0. The highest BCUT2D eigenvalue weighted by atomic mass is 32.1. The van der Waals surface area contributed by atoms with Crippen molar-refractivity contribution >= 4 is 17.0 Å². The zero-order valence-corrected chi connectivity index (χ0v) is 11.4. The van der Waals surface area contributed by atoms with Gasteiger partial charge in [-0.1, -0.05) is 18.2 Å². The van der Waals surface area contributed by atoms with Crippen LogP contribution in [0.25, 0.3) is 0 Å². The Morgan fingerprint density at radius 1 is 1.28 bits per heavy atom. The molecular weight excluding hydrogens is 247 g/mol. The average Bonchev–Trinajstić information content (AvgIpc) is 2.82. The molecule has 2 nitrogen and oxygen atoms in total.